The maximum absolute atomic E-state index is 11.5. The summed E-state index contributed by atoms with van der Waals surface area (Å²) in [6, 6.07) is 0. The first-order valence-electron chi connectivity index (χ1n) is 5.82. The van der Waals surface area contributed by atoms with E-state index in [0.717, 1.165) is 0 Å². The predicted octanol–water partition coefficient (Wildman–Crippen LogP) is 0.918. The maximum Gasteiger partial charge on any atom is 0.317 e. The first kappa shape index (κ1) is 16.6. The van der Waals surface area contributed by atoms with Crippen molar-refractivity contribution in [2.45, 2.75) is 45.6 Å². The van der Waals surface area contributed by atoms with Crippen molar-refractivity contribution in [1.82, 2.24) is 0 Å². The van der Waals surface area contributed by atoms with Gasteiger partial charge in [0.05, 0.1) is 5.60 Å². The molecule has 0 fully saturated rings. The van der Waals surface area contributed by atoms with E-state index < -0.39 is 41.6 Å². The fourth-order valence-electron chi connectivity index (χ4n) is 2.08. The van der Waals surface area contributed by atoms with E-state index in [2.05, 4.69) is 0 Å². The van der Waals surface area contributed by atoms with Gasteiger partial charge in [-0.3, -0.25) is 14.4 Å². The third kappa shape index (κ3) is 4.44. The number of rotatable bonds is 8. The zero-order valence-electron chi connectivity index (χ0n) is 10.8. The lowest BCUT2D eigenvalue weighted by Gasteiger charge is -2.32. The molecular weight excluding hydrogens is 240 g/mol. The fraction of sp³-hybridized carbons (Fsp3) is 0.750. The zero-order valence-corrected chi connectivity index (χ0v) is 10.8. The number of carboxylic acids is 2. The summed E-state index contributed by atoms with van der Waals surface area (Å²) in [7, 11) is 0. The molecule has 0 saturated heterocycles. The molecule has 0 aromatic rings. The largest absolute Gasteiger partial charge is 0.481 e. The Kier molecular flexibility index (Phi) is 5.97. The molecule has 3 N–H and O–H groups in total. The minimum Gasteiger partial charge on any atom is -0.481 e. The highest BCUT2D eigenvalue weighted by atomic mass is 16.4. The Morgan fingerprint density at radius 2 is 1.61 bits per heavy atom. The van der Waals surface area contributed by atoms with Crippen LogP contribution in [0.5, 0.6) is 0 Å². The average molecular weight is 260 g/mol. The Morgan fingerprint density at radius 3 is 1.89 bits per heavy atom. The molecule has 0 saturated carbocycles. The van der Waals surface area contributed by atoms with Crippen molar-refractivity contribution < 1.29 is 29.7 Å². The van der Waals surface area contributed by atoms with Crippen molar-refractivity contribution in [2.24, 2.45) is 11.8 Å². The van der Waals surface area contributed by atoms with Crippen LogP contribution in [0.15, 0.2) is 0 Å². The van der Waals surface area contributed by atoms with E-state index in [0.29, 0.717) is 12.8 Å². The molecule has 0 aromatic carbocycles. The van der Waals surface area contributed by atoms with Crippen LogP contribution >= 0.6 is 0 Å². The van der Waals surface area contributed by atoms with E-state index in [1.807, 2.05) is 6.92 Å². The summed E-state index contributed by atoms with van der Waals surface area (Å²) >= 11 is 0. The van der Waals surface area contributed by atoms with E-state index in [1.54, 1.807) is 0 Å². The zero-order chi connectivity index (χ0) is 14.5. The van der Waals surface area contributed by atoms with E-state index in [4.69, 9.17) is 10.2 Å². The Labute approximate surface area is 106 Å². The number of hydrogen-bond acceptors (Lipinski definition) is 4. The van der Waals surface area contributed by atoms with Gasteiger partial charge >= 0.3 is 11.9 Å². The second-order valence-corrected chi connectivity index (χ2v) is 4.74. The molecule has 0 aliphatic carbocycles. The van der Waals surface area contributed by atoms with Crippen LogP contribution in [-0.4, -0.2) is 38.6 Å². The van der Waals surface area contributed by atoms with E-state index >= 15 is 0 Å². The number of aliphatic carboxylic acids is 2. The monoisotopic (exact) mass is 260 g/mol. The number of aliphatic hydroxyl groups is 1. The molecule has 0 aliphatic rings. The van der Waals surface area contributed by atoms with Crippen molar-refractivity contribution in [1.29, 1.82) is 0 Å². The number of hydrogen-bond donors (Lipinski definition) is 3. The normalized spacial score (nSPS) is 16.1. The molecule has 0 rings (SSSR count). The topological polar surface area (TPSA) is 112 Å². The van der Waals surface area contributed by atoms with Crippen molar-refractivity contribution in [2.75, 3.05) is 0 Å². The predicted molar refractivity (Wildman–Crippen MR) is 63.1 cm³/mol. The molecule has 0 bridgehead atoms. The summed E-state index contributed by atoms with van der Waals surface area (Å²) in [6.45, 7) is 4.48. The van der Waals surface area contributed by atoms with E-state index in [-0.39, 0.29) is 0 Å². The minimum absolute atomic E-state index is 0.309. The molecule has 2 unspecified atom stereocenters. The molecule has 6 nitrogen and oxygen atoms in total. The second-order valence-electron chi connectivity index (χ2n) is 4.74. The Morgan fingerprint density at radius 1 is 1.17 bits per heavy atom. The van der Waals surface area contributed by atoms with Gasteiger partial charge in [0.15, 0.2) is 5.92 Å². The highest BCUT2D eigenvalue weighted by molar-refractivity contribution is 5.93. The van der Waals surface area contributed by atoms with E-state index in [1.165, 1.54) is 13.8 Å². The van der Waals surface area contributed by atoms with Gasteiger partial charge in [0.25, 0.3) is 0 Å². The van der Waals surface area contributed by atoms with Gasteiger partial charge in [-0.1, -0.05) is 13.3 Å². The third-order valence-corrected chi connectivity index (χ3v) is 3.07. The lowest BCUT2D eigenvalue weighted by atomic mass is 9.77. The van der Waals surface area contributed by atoms with Crippen LogP contribution in [0.4, 0.5) is 0 Å². The van der Waals surface area contributed by atoms with Crippen molar-refractivity contribution in [3.8, 4) is 0 Å². The lowest BCUT2D eigenvalue weighted by Crippen LogP contribution is -2.42. The second kappa shape index (κ2) is 6.49. The van der Waals surface area contributed by atoms with Gasteiger partial charge < -0.3 is 15.3 Å². The minimum atomic E-state index is -1.68. The summed E-state index contributed by atoms with van der Waals surface area (Å²) in [5.41, 5.74) is -1.39. The molecule has 0 spiro atoms. The molecule has 2 atom stereocenters. The Bertz CT molecular complexity index is 319. The standard InChI is InChI=1S/C12H20O6/c1-4-5-12(3,18)9(7(2)13)6-8(10(14)15)11(16)17/h8-9,18H,4-6H2,1-3H3,(H,14,15)(H,16,17). The maximum atomic E-state index is 11.5. The Balaban J connectivity index is 5.09. The molecule has 104 valence electrons. The highest BCUT2D eigenvalue weighted by Crippen LogP contribution is 2.29. The SMILES string of the molecule is CCCC(C)(O)C(CC(C(=O)O)C(=O)O)C(C)=O. The molecule has 0 amide bonds. The van der Waals surface area contributed by atoms with Gasteiger partial charge in [-0.25, -0.2) is 0 Å². The molecule has 0 aliphatic heterocycles. The smallest absolute Gasteiger partial charge is 0.317 e. The summed E-state index contributed by atoms with van der Waals surface area (Å²) in [5.74, 6) is -6.07. The summed E-state index contributed by atoms with van der Waals surface area (Å²) in [4.78, 5) is 33.1. The van der Waals surface area contributed by atoms with Gasteiger partial charge in [-0.15, -0.1) is 0 Å². The summed E-state index contributed by atoms with van der Waals surface area (Å²) in [5, 5.41) is 27.7. The van der Waals surface area contributed by atoms with Gasteiger partial charge in [0.2, 0.25) is 0 Å². The Hall–Kier alpha value is -1.43. The first-order chi connectivity index (χ1) is 8.13. The number of carbonyl (C=O) groups excluding carboxylic acids is 1. The lowest BCUT2D eigenvalue weighted by molar-refractivity contribution is -0.156. The van der Waals surface area contributed by atoms with Gasteiger partial charge in [-0.05, 0) is 26.7 Å². The van der Waals surface area contributed by atoms with Crippen LogP contribution in [0.2, 0.25) is 0 Å². The molecule has 0 aromatic heterocycles. The molecule has 6 heteroatoms. The molecule has 0 radical (unpaired) electrons. The van der Waals surface area contributed by atoms with Crippen LogP contribution in [0, 0.1) is 11.8 Å². The van der Waals surface area contributed by atoms with Crippen molar-refractivity contribution in [3.63, 3.8) is 0 Å². The fourth-order valence-corrected chi connectivity index (χ4v) is 2.08. The molecule has 0 heterocycles. The third-order valence-electron chi connectivity index (χ3n) is 3.07. The van der Waals surface area contributed by atoms with Crippen LogP contribution in [-0.2, 0) is 14.4 Å². The van der Waals surface area contributed by atoms with Crippen LogP contribution in [0.3, 0.4) is 0 Å². The van der Waals surface area contributed by atoms with Crippen LogP contribution in [0.1, 0.15) is 40.0 Å². The van der Waals surface area contributed by atoms with Crippen LogP contribution < -0.4 is 0 Å². The van der Waals surface area contributed by atoms with Crippen molar-refractivity contribution in [3.05, 3.63) is 0 Å². The number of ketones is 1. The number of Topliss-reactive ketones (excluding diaryl/α,β-unsaturated/α-hetero) is 1. The molecule has 18 heavy (non-hydrogen) atoms. The first-order valence-corrected chi connectivity index (χ1v) is 5.82. The number of carboxylic acid groups (broad SMARTS) is 2. The van der Waals surface area contributed by atoms with Gasteiger partial charge in [0.1, 0.15) is 5.78 Å². The summed E-state index contributed by atoms with van der Waals surface area (Å²) in [6.07, 6.45) is 0.526. The molecular formula is C12H20O6. The highest BCUT2D eigenvalue weighted by Gasteiger charge is 2.40. The summed E-state index contributed by atoms with van der Waals surface area (Å²) < 4.78 is 0. The average Bonchev–Trinajstić information content (AvgIpc) is 2.15. The van der Waals surface area contributed by atoms with Crippen molar-refractivity contribution >= 4 is 17.7 Å². The van der Waals surface area contributed by atoms with E-state index in [9.17, 15) is 19.5 Å². The van der Waals surface area contributed by atoms with Crippen LogP contribution in [0.25, 0.3) is 0 Å². The quantitative estimate of drug-likeness (QED) is 0.559. The van der Waals surface area contributed by atoms with Gasteiger partial charge in [-0.2, -0.15) is 0 Å². The number of carbonyl (C=O) groups is 3. The van der Waals surface area contributed by atoms with Gasteiger partial charge in [0, 0.05) is 5.92 Å².